The fraction of sp³-hybridized carbons (Fsp3) is 0.533. The van der Waals surface area contributed by atoms with Gasteiger partial charge >= 0.3 is 5.97 Å². The zero-order valence-electron chi connectivity index (χ0n) is 11.4. The van der Waals surface area contributed by atoms with Crippen molar-refractivity contribution in [2.24, 2.45) is 5.92 Å². The molecule has 0 saturated heterocycles. The summed E-state index contributed by atoms with van der Waals surface area (Å²) in [6.07, 6.45) is 4.55. The van der Waals surface area contributed by atoms with Crippen molar-refractivity contribution in [3.8, 4) is 0 Å². The van der Waals surface area contributed by atoms with Crippen LogP contribution >= 0.6 is 0 Å². The van der Waals surface area contributed by atoms with Crippen LogP contribution in [0.2, 0.25) is 0 Å². The van der Waals surface area contributed by atoms with E-state index in [1.165, 1.54) is 18.9 Å². The van der Waals surface area contributed by atoms with Gasteiger partial charge in [0.1, 0.15) is 5.82 Å². The molecular formula is C15H20FNO2. The predicted molar refractivity (Wildman–Crippen MR) is 73.2 cm³/mol. The van der Waals surface area contributed by atoms with Crippen LogP contribution in [0.25, 0.3) is 0 Å². The summed E-state index contributed by atoms with van der Waals surface area (Å²) in [6, 6.07) is 4.47. The molecule has 1 aliphatic carbocycles. The molecule has 0 aromatic heterocycles. The Hall–Kier alpha value is -1.58. The first kappa shape index (κ1) is 13.8. The van der Waals surface area contributed by atoms with Crippen LogP contribution in [0, 0.1) is 11.7 Å². The summed E-state index contributed by atoms with van der Waals surface area (Å²) < 4.78 is 14.0. The van der Waals surface area contributed by atoms with E-state index in [1.807, 2.05) is 11.9 Å². The minimum absolute atomic E-state index is 0.00772. The Balaban J connectivity index is 2.19. The topological polar surface area (TPSA) is 40.5 Å². The quantitative estimate of drug-likeness (QED) is 0.908. The number of aromatic carboxylic acids is 1. The van der Waals surface area contributed by atoms with Gasteiger partial charge in [0, 0.05) is 13.1 Å². The molecule has 1 aromatic rings. The van der Waals surface area contributed by atoms with Crippen molar-refractivity contribution in [2.45, 2.75) is 38.6 Å². The highest BCUT2D eigenvalue weighted by Gasteiger charge is 2.24. The van der Waals surface area contributed by atoms with E-state index in [9.17, 15) is 9.18 Å². The Kier molecular flexibility index (Phi) is 4.08. The van der Waals surface area contributed by atoms with Gasteiger partial charge in [-0.3, -0.25) is 0 Å². The Bertz CT molecular complexity index is 475. The van der Waals surface area contributed by atoms with Gasteiger partial charge < -0.3 is 10.0 Å². The summed E-state index contributed by atoms with van der Waals surface area (Å²) >= 11 is 0. The number of hydrogen-bond acceptors (Lipinski definition) is 2. The molecule has 1 N–H and O–H groups in total. The maximum Gasteiger partial charge on any atom is 0.335 e. The average molecular weight is 265 g/mol. The zero-order chi connectivity index (χ0) is 14.0. The van der Waals surface area contributed by atoms with E-state index in [0.717, 1.165) is 18.9 Å². The largest absolute Gasteiger partial charge is 0.478 e. The summed E-state index contributed by atoms with van der Waals surface area (Å²) in [6.45, 7) is 2.23. The van der Waals surface area contributed by atoms with Crippen molar-refractivity contribution in [3.63, 3.8) is 0 Å². The molecule has 2 atom stereocenters. The number of anilines is 1. The van der Waals surface area contributed by atoms with Gasteiger partial charge in [-0.2, -0.15) is 0 Å². The fourth-order valence-electron chi connectivity index (χ4n) is 2.88. The van der Waals surface area contributed by atoms with Crippen molar-refractivity contribution < 1.29 is 14.3 Å². The standard InChI is InChI=1S/C15H20FNO2/c1-10-4-3-5-12(8-10)17(2)14-7-6-11(15(18)19)9-13(14)16/h6-7,9-10,12H,3-5,8H2,1-2H3,(H,18,19). The Labute approximate surface area is 113 Å². The van der Waals surface area contributed by atoms with Crippen molar-refractivity contribution in [2.75, 3.05) is 11.9 Å². The lowest BCUT2D eigenvalue weighted by molar-refractivity contribution is 0.0696. The van der Waals surface area contributed by atoms with Crippen LogP contribution in [-0.4, -0.2) is 24.2 Å². The normalized spacial score (nSPS) is 23.1. The van der Waals surface area contributed by atoms with Gasteiger partial charge in [0.05, 0.1) is 11.3 Å². The van der Waals surface area contributed by atoms with Crippen molar-refractivity contribution in [1.29, 1.82) is 0 Å². The van der Waals surface area contributed by atoms with Gasteiger partial charge in [0.25, 0.3) is 0 Å². The highest BCUT2D eigenvalue weighted by molar-refractivity contribution is 5.88. The average Bonchev–Trinajstić information content (AvgIpc) is 2.37. The Morgan fingerprint density at radius 2 is 2.16 bits per heavy atom. The van der Waals surface area contributed by atoms with Gasteiger partial charge in [-0.25, -0.2) is 9.18 Å². The van der Waals surface area contributed by atoms with Gasteiger partial charge in [0.2, 0.25) is 0 Å². The first-order valence-electron chi connectivity index (χ1n) is 6.74. The molecule has 104 valence electrons. The van der Waals surface area contributed by atoms with Gasteiger partial charge in [-0.05, 0) is 37.0 Å². The third kappa shape index (κ3) is 3.06. The van der Waals surface area contributed by atoms with E-state index in [2.05, 4.69) is 6.92 Å². The molecule has 2 unspecified atom stereocenters. The van der Waals surface area contributed by atoms with Gasteiger partial charge in [-0.15, -0.1) is 0 Å². The molecule has 0 amide bonds. The number of hydrogen-bond donors (Lipinski definition) is 1. The number of carboxylic acids is 1. The lowest BCUT2D eigenvalue weighted by Crippen LogP contribution is -2.36. The highest BCUT2D eigenvalue weighted by Crippen LogP contribution is 2.31. The zero-order valence-corrected chi connectivity index (χ0v) is 11.4. The van der Waals surface area contributed by atoms with Crippen LogP contribution in [0.3, 0.4) is 0 Å². The highest BCUT2D eigenvalue weighted by atomic mass is 19.1. The fourth-order valence-corrected chi connectivity index (χ4v) is 2.88. The second-order valence-electron chi connectivity index (χ2n) is 5.51. The lowest BCUT2D eigenvalue weighted by atomic mass is 9.86. The molecule has 2 rings (SSSR count). The SMILES string of the molecule is CC1CCCC(N(C)c2ccc(C(=O)O)cc2F)C1. The molecular weight excluding hydrogens is 245 g/mol. The number of halogens is 1. The molecule has 1 aliphatic rings. The second kappa shape index (κ2) is 5.59. The van der Waals surface area contributed by atoms with Crippen LogP contribution in [0.1, 0.15) is 43.0 Å². The molecule has 0 bridgehead atoms. The second-order valence-corrected chi connectivity index (χ2v) is 5.51. The molecule has 0 heterocycles. The van der Waals surface area contributed by atoms with Crippen LogP contribution in [0.5, 0.6) is 0 Å². The summed E-state index contributed by atoms with van der Waals surface area (Å²) in [5.41, 5.74) is 0.482. The molecule has 0 radical (unpaired) electrons. The number of nitrogens with zero attached hydrogens (tertiary/aromatic N) is 1. The number of benzene rings is 1. The third-order valence-electron chi connectivity index (χ3n) is 4.03. The number of carbonyl (C=O) groups is 1. The maximum atomic E-state index is 14.0. The lowest BCUT2D eigenvalue weighted by Gasteiger charge is -2.35. The van der Waals surface area contributed by atoms with E-state index in [0.29, 0.717) is 17.6 Å². The van der Waals surface area contributed by atoms with Crippen LogP contribution in [-0.2, 0) is 0 Å². The molecule has 1 fully saturated rings. The summed E-state index contributed by atoms with van der Waals surface area (Å²) in [5, 5.41) is 8.84. The minimum Gasteiger partial charge on any atom is -0.478 e. The van der Waals surface area contributed by atoms with Crippen LogP contribution < -0.4 is 4.90 Å². The Morgan fingerprint density at radius 1 is 1.42 bits per heavy atom. The molecule has 1 aromatic carbocycles. The monoisotopic (exact) mass is 265 g/mol. The summed E-state index contributed by atoms with van der Waals surface area (Å²) in [4.78, 5) is 12.8. The van der Waals surface area contributed by atoms with Crippen LogP contribution in [0.4, 0.5) is 10.1 Å². The van der Waals surface area contributed by atoms with E-state index >= 15 is 0 Å². The van der Waals surface area contributed by atoms with E-state index in [1.54, 1.807) is 6.07 Å². The molecule has 0 aliphatic heterocycles. The van der Waals surface area contributed by atoms with Crippen LogP contribution in [0.15, 0.2) is 18.2 Å². The van der Waals surface area contributed by atoms with Gasteiger partial charge in [-0.1, -0.05) is 19.8 Å². The van der Waals surface area contributed by atoms with Crippen molar-refractivity contribution in [1.82, 2.24) is 0 Å². The minimum atomic E-state index is -1.10. The van der Waals surface area contributed by atoms with Gasteiger partial charge in [0.15, 0.2) is 0 Å². The molecule has 1 saturated carbocycles. The molecule has 0 spiro atoms. The van der Waals surface area contributed by atoms with E-state index < -0.39 is 11.8 Å². The smallest absolute Gasteiger partial charge is 0.335 e. The summed E-state index contributed by atoms with van der Waals surface area (Å²) in [7, 11) is 1.89. The maximum absolute atomic E-state index is 14.0. The first-order chi connectivity index (χ1) is 8.99. The summed E-state index contributed by atoms with van der Waals surface area (Å²) in [5.74, 6) is -0.887. The Morgan fingerprint density at radius 3 is 2.74 bits per heavy atom. The van der Waals surface area contributed by atoms with Crippen molar-refractivity contribution in [3.05, 3.63) is 29.6 Å². The number of carboxylic acid groups (broad SMARTS) is 1. The molecule has 4 heteroatoms. The predicted octanol–water partition coefficient (Wildman–Crippen LogP) is 3.54. The molecule has 19 heavy (non-hydrogen) atoms. The van der Waals surface area contributed by atoms with E-state index in [-0.39, 0.29) is 5.56 Å². The molecule has 3 nitrogen and oxygen atoms in total. The van der Waals surface area contributed by atoms with Crippen molar-refractivity contribution >= 4 is 11.7 Å². The van der Waals surface area contributed by atoms with E-state index in [4.69, 9.17) is 5.11 Å². The third-order valence-corrected chi connectivity index (χ3v) is 4.03. The first-order valence-corrected chi connectivity index (χ1v) is 6.74. The number of rotatable bonds is 3.